The van der Waals surface area contributed by atoms with Crippen LogP contribution in [0.4, 0.5) is 0 Å². The van der Waals surface area contributed by atoms with Gasteiger partial charge in [-0.3, -0.25) is 4.90 Å². The van der Waals surface area contributed by atoms with Gasteiger partial charge in [0.05, 0.1) is 0 Å². The molecule has 0 bridgehead atoms. The smallest absolute Gasteiger partial charge is 0.0233 e. The van der Waals surface area contributed by atoms with E-state index < -0.39 is 0 Å². The molecular weight excluding hydrogens is 280 g/mol. The summed E-state index contributed by atoms with van der Waals surface area (Å²) in [5.74, 6) is 0.841. The first-order valence-electron chi connectivity index (χ1n) is 8.79. The Labute approximate surface area is 140 Å². The number of hydrogen-bond donors (Lipinski definition) is 1. The minimum Gasteiger partial charge on any atom is -0.326 e. The third kappa shape index (κ3) is 4.66. The maximum atomic E-state index is 5.66. The van der Waals surface area contributed by atoms with E-state index in [4.69, 9.17) is 5.73 Å². The third-order valence-electron chi connectivity index (χ3n) is 5.02. The van der Waals surface area contributed by atoms with Crippen LogP contribution in [0.5, 0.6) is 0 Å². The average Bonchev–Trinajstić information content (AvgIpc) is 2.59. The molecule has 0 atom stereocenters. The zero-order chi connectivity index (χ0) is 16.1. The quantitative estimate of drug-likeness (QED) is 0.907. The molecule has 0 spiro atoms. The maximum absolute atomic E-state index is 5.66. The lowest BCUT2D eigenvalue weighted by Gasteiger charge is -2.32. The Morgan fingerprint density at radius 1 is 0.870 bits per heavy atom. The topological polar surface area (TPSA) is 29.3 Å². The lowest BCUT2D eigenvalue weighted by Crippen LogP contribution is -2.33. The Morgan fingerprint density at radius 2 is 1.43 bits per heavy atom. The molecule has 23 heavy (non-hydrogen) atoms. The number of nitrogens with two attached hydrogens (primary N) is 1. The Balaban J connectivity index is 1.47. The highest BCUT2D eigenvalue weighted by molar-refractivity contribution is 5.23. The highest BCUT2D eigenvalue weighted by atomic mass is 15.1. The fourth-order valence-electron chi connectivity index (χ4n) is 3.45. The minimum atomic E-state index is 0.630. The van der Waals surface area contributed by atoms with Gasteiger partial charge < -0.3 is 5.73 Å². The number of piperidine rings is 1. The average molecular weight is 308 g/mol. The van der Waals surface area contributed by atoms with Crippen molar-refractivity contribution in [1.82, 2.24) is 4.90 Å². The van der Waals surface area contributed by atoms with Crippen LogP contribution in [0.25, 0.3) is 0 Å². The molecule has 2 aromatic rings. The van der Waals surface area contributed by atoms with Gasteiger partial charge in [-0.2, -0.15) is 0 Å². The van der Waals surface area contributed by atoms with Gasteiger partial charge in [-0.25, -0.2) is 0 Å². The summed E-state index contributed by atoms with van der Waals surface area (Å²) in [6.45, 7) is 6.29. The fraction of sp³-hybridized carbons (Fsp3) is 0.429. The summed E-state index contributed by atoms with van der Waals surface area (Å²) in [6, 6.07) is 17.8. The fourth-order valence-corrected chi connectivity index (χ4v) is 3.45. The standard InChI is InChI=1S/C21H28N2/c1-17-2-4-18(5-3-17)14-19-10-12-23(13-11-19)16-21-8-6-20(15-22)7-9-21/h2-9,19H,10-16,22H2,1H3. The van der Waals surface area contributed by atoms with Gasteiger partial charge in [0.25, 0.3) is 0 Å². The SMILES string of the molecule is Cc1ccc(CC2CCN(Cc3ccc(CN)cc3)CC2)cc1. The molecule has 1 heterocycles. The number of nitrogens with zero attached hydrogens (tertiary/aromatic N) is 1. The summed E-state index contributed by atoms with van der Waals surface area (Å²) >= 11 is 0. The molecular formula is C21H28N2. The normalized spacial score (nSPS) is 16.6. The number of aryl methyl sites for hydroxylation is 1. The van der Waals surface area contributed by atoms with E-state index in [0.717, 1.165) is 12.5 Å². The molecule has 1 fully saturated rings. The summed E-state index contributed by atoms with van der Waals surface area (Å²) in [5, 5.41) is 0. The van der Waals surface area contributed by atoms with Crippen LogP contribution in [0, 0.1) is 12.8 Å². The second-order valence-corrected chi connectivity index (χ2v) is 6.93. The minimum absolute atomic E-state index is 0.630. The van der Waals surface area contributed by atoms with Crippen molar-refractivity contribution in [2.45, 2.75) is 39.3 Å². The summed E-state index contributed by atoms with van der Waals surface area (Å²) in [7, 11) is 0. The highest BCUT2D eigenvalue weighted by Crippen LogP contribution is 2.23. The van der Waals surface area contributed by atoms with E-state index in [1.54, 1.807) is 0 Å². The van der Waals surface area contributed by atoms with Crippen molar-refractivity contribution in [2.75, 3.05) is 13.1 Å². The lowest BCUT2D eigenvalue weighted by molar-refractivity contribution is 0.177. The molecule has 0 saturated carbocycles. The zero-order valence-electron chi connectivity index (χ0n) is 14.2. The van der Waals surface area contributed by atoms with Gasteiger partial charge in [0.1, 0.15) is 0 Å². The maximum Gasteiger partial charge on any atom is 0.0233 e. The Bertz CT molecular complexity index is 593. The van der Waals surface area contributed by atoms with Gasteiger partial charge in [-0.15, -0.1) is 0 Å². The molecule has 2 aromatic carbocycles. The highest BCUT2D eigenvalue weighted by Gasteiger charge is 2.19. The molecule has 0 unspecified atom stereocenters. The van der Waals surface area contributed by atoms with Gasteiger partial charge >= 0.3 is 0 Å². The van der Waals surface area contributed by atoms with E-state index in [2.05, 4.69) is 60.4 Å². The van der Waals surface area contributed by atoms with Crippen molar-refractivity contribution < 1.29 is 0 Å². The van der Waals surface area contributed by atoms with Gasteiger partial charge in [-0.05, 0) is 61.9 Å². The molecule has 0 radical (unpaired) electrons. The third-order valence-corrected chi connectivity index (χ3v) is 5.02. The van der Waals surface area contributed by atoms with Crippen LogP contribution in [0.1, 0.15) is 35.1 Å². The molecule has 1 aliphatic rings. The van der Waals surface area contributed by atoms with Crippen LogP contribution in [0.3, 0.4) is 0 Å². The van der Waals surface area contributed by atoms with Crippen molar-refractivity contribution in [3.05, 3.63) is 70.8 Å². The second-order valence-electron chi connectivity index (χ2n) is 6.93. The Morgan fingerprint density at radius 3 is 2.04 bits per heavy atom. The predicted molar refractivity (Wildman–Crippen MR) is 97.2 cm³/mol. The molecule has 0 amide bonds. The van der Waals surface area contributed by atoms with Crippen LogP contribution < -0.4 is 5.73 Å². The van der Waals surface area contributed by atoms with Crippen LogP contribution in [-0.4, -0.2) is 18.0 Å². The first kappa shape index (κ1) is 16.2. The van der Waals surface area contributed by atoms with E-state index in [1.165, 1.54) is 54.6 Å². The van der Waals surface area contributed by atoms with Crippen molar-refractivity contribution >= 4 is 0 Å². The van der Waals surface area contributed by atoms with E-state index in [9.17, 15) is 0 Å². The van der Waals surface area contributed by atoms with Crippen molar-refractivity contribution in [2.24, 2.45) is 11.7 Å². The van der Waals surface area contributed by atoms with Crippen LogP contribution in [0.15, 0.2) is 48.5 Å². The lowest BCUT2D eigenvalue weighted by atomic mass is 9.90. The Hall–Kier alpha value is -1.64. The van der Waals surface area contributed by atoms with Gasteiger partial charge in [0.15, 0.2) is 0 Å². The summed E-state index contributed by atoms with van der Waals surface area (Å²) in [4.78, 5) is 2.59. The number of hydrogen-bond acceptors (Lipinski definition) is 2. The van der Waals surface area contributed by atoms with E-state index in [0.29, 0.717) is 6.54 Å². The zero-order valence-corrected chi connectivity index (χ0v) is 14.2. The molecule has 1 aliphatic heterocycles. The summed E-state index contributed by atoms with van der Waals surface area (Å²) in [6.07, 6.45) is 3.86. The van der Waals surface area contributed by atoms with Gasteiger partial charge in [-0.1, -0.05) is 54.1 Å². The van der Waals surface area contributed by atoms with Gasteiger partial charge in [0.2, 0.25) is 0 Å². The van der Waals surface area contributed by atoms with E-state index >= 15 is 0 Å². The van der Waals surface area contributed by atoms with E-state index in [1.807, 2.05) is 0 Å². The van der Waals surface area contributed by atoms with Crippen LogP contribution >= 0.6 is 0 Å². The summed E-state index contributed by atoms with van der Waals surface area (Å²) < 4.78 is 0. The number of rotatable bonds is 5. The van der Waals surface area contributed by atoms with Crippen molar-refractivity contribution in [3.63, 3.8) is 0 Å². The predicted octanol–water partition coefficient (Wildman–Crippen LogP) is 3.91. The number of benzene rings is 2. The Kier molecular flexibility index (Phi) is 5.47. The molecule has 0 aliphatic carbocycles. The van der Waals surface area contributed by atoms with Crippen LogP contribution in [0.2, 0.25) is 0 Å². The molecule has 1 saturated heterocycles. The first-order chi connectivity index (χ1) is 11.2. The molecule has 2 nitrogen and oxygen atoms in total. The van der Waals surface area contributed by atoms with E-state index in [-0.39, 0.29) is 0 Å². The summed E-state index contributed by atoms with van der Waals surface area (Å²) in [5.41, 5.74) is 11.1. The molecule has 3 rings (SSSR count). The monoisotopic (exact) mass is 308 g/mol. The van der Waals surface area contributed by atoms with Crippen LogP contribution in [-0.2, 0) is 19.5 Å². The molecule has 122 valence electrons. The molecule has 2 heteroatoms. The number of likely N-dealkylation sites (tertiary alicyclic amines) is 1. The van der Waals surface area contributed by atoms with Gasteiger partial charge in [0, 0.05) is 13.1 Å². The second kappa shape index (κ2) is 7.76. The van der Waals surface area contributed by atoms with Crippen molar-refractivity contribution in [1.29, 1.82) is 0 Å². The van der Waals surface area contributed by atoms with Crippen molar-refractivity contribution in [3.8, 4) is 0 Å². The first-order valence-corrected chi connectivity index (χ1v) is 8.79. The molecule has 0 aromatic heterocycles. The largest absolute Gasteiger partial charge is 0.326 e. The molecule has 2 N–H and O–H groups in total.